The van der Waals surface area contributed by atoms with Gasteiger partial charge in [-0.25, -0.2) is 0 Å². The minimum absolute atomic E-state index is 0. The molecule has 0 atom stereocenters. The summed E-state index contributed by atoms with van der Waals surface area (Å²) < 4.78 is 5.53. The molecular weight excluding hydrogens is 455 g/mol. The normalized spacial score (nSPS) is 13.6. The summed E-state index contributed by atoms with van der Waals surface area (Å²) in [4.78, 5) is 18.5. The van der Waals surface area contributed by atoms with E-state index in [1.54, 1.807) is 7.05 Å². The van der Waals surface area contributed by atoms with Crippen LogP contribution in [0.2, 0.25) is 0 Å². The molecule has 1 aromatic rings. The predicted octanol–water partition coefficient (Wildman–Crippen LogP) is 2.56. The summed E-state index contributed by atoms with van der Waals surface area (Å²) in [6, 6.07) is 8.34. The van der Waals surface area contributed by atoms with Crippen molar-refractivity contribution in [3.63, 3.8) is 0 Å². The maximum Gasteiger partial charge on any atom is 0.242 e. The molecule has 0 aliphatic carbocycles. The van der Waals surface area contributed by atoms with Crippen molar-refractivity contribution < 1.29 is 9.53 Å². The Balaban J connectivity index is 0.00000364. The number of hydrogen-bond acceptors (Lipinski definition) is 3. The van der Waals surface area contributed by atoms with Gasteiger partial charge >= 0.3 is 0 Å². The molecule has 0 saturated heterocycles. The fraction of sp³-hybridized carbons (Fsp3) is 0.600. The molecule has 0 unspecified atom stereocenters. The molecular formula is C20H33IN4O2. The molecule has 0 saturated carbocycles. The third kappa shape index (κ3) is 8.47. The van der Waals surface area contributed by atoms with E-state index in [4.69, 9.17) is 4.74 Å². The van der Waals surface area contributed by atoms with Gasteiger partial charge < -0.3 is 20.3 Å². The van der Waals surface area contributed by atoms with E-state index in [9.17, 15) is 4.79 Å². The van der Waals surface area contributed by atoms with Gasteiger partial charge in [-0.15, -0.1) is 24.0 Å². The third-order valence-corrected chi connectivity index (χ3v) is 4.51. The van der Waals surface area contributed by atoms with Crippen molar-refractivity contribution in [1.29, 1.82) is 0 Å². The number of carbonyl (C=O) groups excluding carboxylic acids is 1. The van der Waals surface area contributed by atoms with E-state index >= 15 is 0 Å². The van der Waals surface area contributed by atoms with Crippen molar-refractivity contribution in [2.45, 2.75) is 39.2 Å². The molecule has 1 aromatic carbocycles. The number of nitrogens with one attached hydrogen (secondary N) is 2. The Morgan fingerprint density at radius 1 is 1.19 bits per heavy atom. The SMILES string of the molecule is CCCCOCCCNC(=NC)NCC(=O)N1CCc2ccccc2C1.I. The number of benzene rings is 1. The molecule has 6 nitrogen and oxygen atoms in total. The van der Waals surface area contributed by atoms with Crippen LogP contribution in [0.15, 0.2) is 29.3 Å². The molecule has 0 bridgehead atoms. The Kier molecular flexibility index (Phi) is 12.1. The van der Waals surface area contributed by atoms with Crippen LogP contribution >= 0.6 is 24.0 Å². The highest BCUT2D eigenvalue weighted by Crippen LogP contribution is 2.18. The summed E-state index contributed by atoms with van der Waals surface area (Å²) in [5, 5.41) is 6.33. The minimum atomic E-state index is 0. The highest BCUT2D eigenvalue weighted by atomic mass is 127. The van der Waals surface area contributed by atoms with Crippen LogP contribution in [0.4, 0.5) is 0 Å². The van der Waals surface area contributed by atoms with Crippen molar-refractivity contribution >= 4 is 35.8 Å². The molecule has 0 aromatic heterocycles. The quantitative estimate of drug-likeness (QED) is 0.243. The summed E-state index contributed by atoms with van der Waals surface area (Å²) in [6.45, 7) is 6.24. The van der Waals surface area contributed by atoms with Crippen LogP contribution in [0.1, 0.15) is 37.3 Å². The van der Waals surface area contributed by atoms with Gasteiger partial charge in [0.2, 0.25) is 5.91 Å². The van der Waals surface area contributed by atoms with Crippen molar-refractivity contribution in [2.75, 3.05) is 39.9 Å². The zero-order chi connectivity index (χ0) is 18.6. The summed E-state index contributed by atoms with van der Waals surface area (Å²) >= 11 is 0. The smallest absolute Gasteiger partial charge is 0.242 e. The van der Waals surface area contributed by atoms with Crippen molar-refractivity contribution in [3.8, 4) is 0 Å². The first-order chi connectivity index (χ1) is 12.7. The van der Waals surface area contributed by atoms with Gasteiger partial charge in [0.05, 0.1) is 6.54 Å². The minimum Gasteiger partial charge on any atom is -0.381 e. The number of ether oxygens (including phenoxy) is 1. The number of amides is 1. The number of rotatable bonds is 9. The zero-order valence-electron chi connectivity index (χ0n) is 16.5. The molecule has 1 heterocycles. The van der Waals surface area contributed by atoms with Gasteiger partial charge in [0, 0.05) is 39.9 Å². The number of aliphatic imine (C=N–C) groups is 1. The monoisotopic (exact) mass is 488 g/mol. The second kappa shape index (κ2) is 13.8. The number of unbranched alkanes of at least 4 members (excludes halogenated alkanes) is 1. The second-order valence-corrected chi connectivity index (χ2v) is 6.51. The van der Waals surface area contributed by atoms with Gasteiger partial charge in [-0.3, -0.25) is 9.79 Å². The first kappa shape index (κ1) is 23.7. The maximum atomic E-state index is 12.5. The van der Waals surface area contributed by atoms with Gasteiger partial charge in [-0.05, 0) is 30.4 Å². The number of fused-ring (bicyclic) bond motifs is 1. The fourth-order valence-corrected chi connectivity index (χ4v) is 2.93. The first-order valence-electron chi connectivity index (χ1n) is 9.61. The molecule has 0 spiro atoms. The van der Waals surface area contributed by atoms with E-state index in [1.807, 2.05) is 11.0 Å². The third-order valence-electron chi connectivity index (χ3n) is 4.51. The Hall–Kier alpha value is -1.35. The fourth-order valence-electron chi connectivity index (χ4n) is 2.93. The predicted molar refractivity (Wildman–Crippen MR) is 121 cm³/mol. The molecule has 2 N–H and O–H groups in total. The van der Waals surface area contributed by atoms with Crippen LogP contribution in [-0.2, 0) is 22.5 Å². The number of hydrogen-bond donors (Lipinski definition) is 2. The van der Waals surface area contributed by atoms with Gasteiger partial charge in [0.15, 0.2) is 5.96 Å². The van der Waals surface area contributed by atoms with E-state index in [-0.39, 0.29) is 36.4 Å². The van der Waals surface area contributed by atoms with E-state index in [1.165, 1.54) is 11.1 Å². The Labute approximate surface area is 180 Å². The van der Waals surface area contributed by atoms with Crippen LogP contribution in [0.5, 0.6) is 0 Å². The molecule has 0 radical (unpaired) electrons. The van der Waals surface area contributed by atoms with Crippen molar-refractivity contribution in [3.05, 3.63) is 35.4 Å². The topological polar surface area (TPSA) is 66.0 Å². The molecule has 27 heavy (non-hydrogen) atoms. The summed E-state index contributed by atoms with van der Waals surface area (Å²) in [6.07, 6.45) is 4.11. The molecule has 1 amide bonds. The lowest BCUT2D eigenvalue weighted by molar-refractivity contribution is -0.130. The highest BCUT2D eigenvalue weighted by Gasteiger charge is 2.20. The lowest BCUT2D eigenvalue weighted by Gasteiger charge is -2.29. The summed E-state index contributed by atoms with van der Waals surface area (Å²) in [7, 11) is 1.72. The Morgan fingerprint density at radius 3 is 2.67 bits per heavy atom. The van der Waals surface area contributed by atoms with Gasteiger partial charge in [-0.2, -0.15) is 0 Å². The van der Waals surface area contributed by atoms with Crippen LogP contribution in [0.3, 0.4) is 0 Å². The lowest BCUT2D eigenvalue weighted by atomic mass is 10.00. The highest BCUT2D eigenvalue weighted by molar-refractivity contribution is 14.0. The average molecular weight is 488 g/mol. The Bertz CT molecular complexity index is 595. The number of guanidine groups is 1. The van der Waals surface area contributed by atoms with E-state index in [0.29, 0.717) is 12.5 Å². The molecule has 2 rings (SSSR count). The summed E-state index contributed by atoms with van der Waals surface area (Å²) in [5.74, 6) is 0.759. The van der Waals surface area contributed by atoms with E-state index in [0.717, 1.165) is 52.0 Å². The van der Waals surface area contributed by atoms with Crippen LogP contribution in [0.25, 0.3) is 0 Å². The lowest BCUT2D eigenvalue weighted by Crippen LogP contribution is -2.46. The maximum absolute atomic E-state index is 12.5. The van der Waals surface area contributed by atoms with E-state index < -0.39 is 0 Å². The average Bonchev–Trinajstić information content (AvgIpc) is 2.69. The number of halogens is 1. The van der Waals surface area contributed by atoms with E-state index in [2.05, 4.69) is 40.7 Å². The second-order valence-electron chi connectivity index (χ2n) is 6.51. The van der Waals surface area contributed by atoms with Crippen molar-refractivity contribution in [1.82, 2.24) is 15.5 Å². The van der Waals surface area contributed by atoms with Gasteiger partial charge in [0.25, 0.3) is 0 Å². The Morgan fingerprint density at radius 2 is 1.93 bits per heavy atom. The standard InChI is InChI=1S/C20H32N4O2.HI/c1-3-4-13-26-14-7-11-22-20(21-2)23-15-19(25)24-12-10-17-8-5-6-9-18(17)16-24;/h5-6,8-9H,3-4,7,10-16H2,1-2H3,(H2,21,22,23);1H. The molecule has 152 valence electrons. The van der Waals surface area contributed by atoms with Gasteiger partial charge in [0.1, 0.15) is 0 Å². The molecule has 1 aliphatic heterocycles. The van der Waals surface area contributed by atoms with Crippen LogP contribution in [0, 0.1) is 0 Å². The van der Waals surface area contributed by atoms with Crippen LogP contribution in [-0.4, -0.2) is 56.7 Å². The number of nitrogens with zero attached hydrogens (tertiary/aromatic N) is 2. The first-order valence-corrected chi connectivity index (χ1v) is 9.61. The molecule has 0 fully saturated rings. The van der Waals surface area contributed by atoms with Crippen LogP contribution < -0.4 is 10.6 Å². The zero-order valence-corrected chi connectivity index (χ0v) is 18.8. The molecule has 7 heteroatoms. The summed E-state index contributed by atoms with van der Waals surface area (Å²) in [5.41, 5.74) is 2.60. The van der Waals surface area contributed by atoms with Crippen molar-refractivity contribution in [2.24, 2.45) is 4.99 Å². The van der Waals surface area contributed by atoms with Gasteiger partial charge in [-0.1, -0.05) is 37.6 Å². The number of carbonyl (C=O) groups is 1. The largest absolute Gasteiger partial charge is 0.381 e. The molecule has 1 aliphatic rings.